The van der Waals surface area contributed by atoms with Gasteiger partial charge in [0.15, 0.2) is 0 Å². The minimum absolute atomic E-state index is 0.671. The zero-order valence-corrected chi connectivity index (χ0v) is 9.26. The number of hydrogen-bond donors (Lipinski definition) is 2. The molecule has 1 saturated heterocycles. The molecule has 1 N–H and O–H groups in total. The van der Waals surface area contributed by atoms with Crippen molar-refractivity contribution in [2.24, 2.45) is 5.92 Å². The molecule has 0 amide bonds. The van der Waals surface area contributed by atoms with E-state index in [0.29, 0.717) is 5.25 Å². The highest BCUT2D eigenvalue weighted by molar-refractivity contribution is 7.81. The van der Waals surface area contributed by atoms with Crippen molar-refractivity contribution < 1.29 is 0 Å². The van der Waals surface area contributed by atoms with Crippen LogP contribution in [-0.2, 0) is 0 Å². The summed E-state index contributed by atoms with van der Waals surface area (Å²) in [6, 6.07) is 0.748. The number of rotatable bonds is 2. The number of hydrogen-bond acceptors (Lipinski definition) is 3. The van der Waals surface area contributed by atoms with Crippen LogP contribution in [0.4, 0.5) is 0 Å². The summed E-state index contributed by atoms with van der Waals surface area (Å²) < 4.78 is 0. The Morgan fingerprint density at radius 2 is 2.00 bits per heavy atom. The first kappa shape index (κ1) is 9.81. The molecule has 0 aromatic heterocycles. The molecular weight excluding hydrogens is 180 g/mol. The summed E-state index contributed by atoms with van der Waals surface area (Å²) in [5.41, 5.74) is 0. The molecule has 76 valence electrons. The molecule has 1 aliphatic heterocycles. The van der Waals surface area contributed by atoms with E-state index in [9.17, 15) is 0 Å². The lowest BCUT2D eigenvalue weighted by atomic mass is 9.79. The maximum atomic E-state index is 4.60. The Labute approximate surface area is 86.5 Å². The van der Waals surface area contributed by atoms with Crippen molar-refractivity contribution in [1.82, 2.24) is 10.2 Å². The van der Waals surface area contributed by atoms with E-state index in [0.717, 1.165) is 25.0 Å². The fourth-order valence-electron chi connectivity index (χ4n) is 2.43. The van der Waals surface area contributed by atoms with Crippen LogP contribution in [0, 0.1) is 5.92 Å². The SMILES string of the molecule is C[C@@H]([C@@H]1CCC1S)N1CCNCC1. The van der Waals surface area contributed by atoms with Crippen LogP contribution in [0.5, 0.6) is 0 Å². The fourth-order valence-corrected chi connectivity index (χ4v) is 2.98. The molecule has 1 aliphatic carbocycles. The van der Waals surface area contributed by atoms with Gasteiger partial charge < -0.3 is 5.32 Å². The molecule has 2 aliphatic rings. The van der Waals surface area contributed by atoms with E-state index in [1.54, 1.807) is 0 Å². The molecule has 1 unspecified atom stereocenters. The smallest absolute Gasteiger partial charge is 0.0110 e. The largest absolute Gasteiger partial charge is 0.314 e. The minimum atomic E-state index is 0.671. The number of nitrogens with one attached hydrogen (secondary N) is 1. The van der Waals surface area contributed by atoms with Gasteiger partial charge in [0, 0.05) is 37.5 Å². The predicted octanol–water partition coefficient (Wildman–Crippen LogP) is 0.989. The van der Waals surface area contributed by atoms with Gasteiger partial charge in [0.2, 0.25) is 0 Å². The van der Waals surface area contributed by atoms with Crippen LogP contribution in [0.2, 0.25) is 0 Å². The van der Waals surface area contributed by atoms with E-state index < -0.39 is 0 Å². The van der Waals surface area contributed by atoms with Crippen molar-refractivity contribution in [1.29, 1.82) is 0 Å². The topological polar surface area (TPSA) is 15.3 Å². The molecule has 1 saturated carbocycles. The van der Waals surface area contributed by atoms with Gasteiger partial charge >= 0.3 is 0 Å². The third-order valence-corrected chi connectivity index (χ3v) is 4.28. The van der Waals surface area contributed by atoms with Gasteiger partial charge in [-0.3, -0.25) is 4.90 Å². The summed E-state index contributed by atoms with van der Waals surface area (Å²) in [6.07, 6.45) is 2.71. The summed E-state index contributed by atoms with van der Waals surface area (Å²) >= 11 is 4.60. The summed E-state index contributed by atoms with van der Waals surface area (Å²) in [6.45, 7) is 7.14. The molecule has 2 rings (SSSR count). The first-order valence-corrected chi connectivity index (χ1v) is 5.93. The summed E-state index contributed by atoms with van der Waals surface area (Å²) in [5.74, 6) is 0.849. The van der Waals surface area contributed by atoms with Crippen LogP contribution >= 0.6 is 12.6 Å². The lowest BCUT2D eigenvalue weighted by Gasteiger charge is -2.44. The van der Waals surface area contributed by atoms with Crippen molar-refractivity contribution in [2.75, 3.05) is 26.2 Å². The summed E-state index contributed by atoms with van der Waals surface area (Å²) in [4.78, 5) is 2.61. The highest BCUT2D eigenvalue weighted by Crippen LogP contribution is 2.36. The predicted molar refractivity (Wildman–Crippen MR) is 59.4 cm³/mol. The van der Waals surface area contributed by atoms with Gasteiger partial charge in [-0.15, -0.1) is 0 Å². The van der Waals surface area contributed by atoms with Crippen LogP contribution in [0.3, 0.4) is 0 Å². The highest BCUT2D eigenvalue weighted by atomic mass is 32.1. The Bertz CT molecular complexity index is 168. The van der Waals surface area contributed by atoms with E-state index in [2.05, 4.69) is 29.8 Å². The van der Waals surface area contributed by atoms with Gasteiger partial charge in [-0.25, -0.2) is 0 Å². The minimum Gasteiger partial charge on any atom is -0.314 e. The molecule has 1 heterocycles. The molecule has 13 heavy (non-hydrogen) atoms. The van der Waals surface area contributed by atoms with Crippen molar-refractivity contribution in [3.8, 4) is 0 Å². The second-order valence-corrected chi connectivity index (χ2v) is 5.00. The second kappa shape index (κ2) is 4.20. The van der Waals surface area contributed by atoms with E-state index in [1.807, 2.05) is 0 Å². The zero-order valence-electron chi connectivity index (χ0n) is 8.37. The van der Waals surface area contributed by atoms with Gasteiger partial charge in [0.1, 0.15) is 0 Å². The van der Waals surface area contributed by atoms with E-state index in [1.165, 1.54) is 25.9 Å². The average Bonchev–Trinajstić information content (AvgIpc) is 2.17. The lowest BCUT2D eigenvalue weighted by Crippen LogP contribution is -2.53. The first-order valence-electron chi connectivity index (χ1n) is 5.42. The Kier molecular flexibility index (Phi) is 3.17. The normalized spacial score (nSPS) is 38.3. The van der Waals surface area contributed by atoms with Gasteiger partial charge in [0.05, 0.1) is 0 Å². The molecule has 0 spiro atoms. The van der Waals surface area contributed by atoms with Crippen molar-refractivity contribution >= 4 is 12.6 Å². The Balaban J connectivity index is 1.84. The van der Waals surface area contributed by atoms with Crippen molar-refractivity contribution in [3.05, 3.63) is 0 Å². The van der Waals surface area contributed by atoms with E-state index in [4.69, 9.17) is 0 Å². The quantitative estimate of drug-likeness (QED) is 0.646. The number of thiol groups is 1. The van der Waals surface area contributed by atoms with Crippen LogP contribution in [0.1, 0.15) is 19.8 Å². The van der Waals surface area contributed by atoms with Gasteiger partial charge in [-0.1, -0.05) is 0 Å². The molecule has 0 radical (unpaired) electrons. The molecule has 2 nitrogen and oxygen atoms in total. The number of piperazine rings is 1. The van der Waals surface area contributed by atoms with Crippen LogP contribution in [0.25, 0.3) is 0 Å². The molecule has 3 atom stereocenters. The molecule has 0 bridgehead atoms. The maximum absolute atomic E-state index is 4.60. The van der Waals surface area contributed by atoms with Crippen LogP contribution < -0.4 is 5.32 Å². The molecule has 0 aromatic carbocycles. The second-order valence-electron chi connectivity index (χ2n) is 4.34. The fraction of sp³-hybridized carbons (Fsp3) is 1.00. The van der Waals surface area contributed by atoms with E-state index >= 15 is 0 Å². The Morgan fingerprint density at radius 3 is 2.46 bits per heavy atom. The van der Waals surface area contributed by atoms with Crippen molar-refractivity contribution in [3.63, 3.8) is 0 Å². The third kappa shape index (κ3) is 2.03. The Morgan fingerprint density at radius 1 is 1.31 bits per heavy atom. The van der Waals surface area contributed by atoms with E-state index in [-0.39, 0.29) is 0 Å². The van der Waals surface area contributed by atoms with Gasteiger partial charge in [0.25, 0.3) is 0 Å². The summed E-state index contributed by atoms with van der Waals surface area (Å²) in [7, 11) is 0. The number of nitrogens with zero attached hydrogens (tertiary/aromatic N) is 1. The highest BCUT2D eigenvalue weighted by Gasteiger charge is 2.35. The van der Waals surface area contributed by atoms with Crippen LogP contribution in [-0.4, -0.2) is 42.4 Å². The van der Waals surface area contributed by atoms with Crippen LogP contribution in [0.15, 0.2) is 0 Å². The molecule has 2 fully saturated rings. The monoisotopic (exact) mass is 200 g/mol. The maximum Gasteiger partial charge on any atom is 0.0110 e. The molecular formula is C10H20N2S. The first-order chi connectivity index (χ1) is 6.29. The zero-order chi connectivity index (χ0) is 9.26. The van der Waals surface area contributed by atoms with Gasteiger partial charge in [-0.05, 0) is 25.7 Å². The third-order valence-electron chi connectivity index (χ3n) is 3.64. The standard InChI is InChI=1S/C10H20N2S/c1-8(9-2-3-10(9)13)12-6-4-11-5-7-12/h8-11,13H,2-7H2,1H3/t8-,9-,10?/m0/s1. The molecule has 0 aromatic rings. The summed E-state index contributed by atoms with van der Waals surface area (Å²) in [5, 5.41) is 4.07. The lowest BCUT2D eigenvalue weighted by molar-refractivity contribution is 0.102. The Hall–Kier alpha value is 0.270. The van der Waals surface area contributed by atoms with Gasteiger partial charge in [-0.2, -0.15) is 12.6 Å². The molecule has 3 heteroatoms. The van der Waals surface area contributed by atoms with Crippen molar-refractivity contribution in [2.45, 2.75) is 31.1 Å². The average molecular weight is 200 g/mol.